The number of para-hydroxylation sites is 1. The Bertz CT molecular complexity index is 2850. The number of nitrogens with zero attached hydrogens (tertiary/aromatic N) is 5. The van der Waals surface area contributed by atoms with E-state index in [1.165, 1.54) is 19.4 Å². The zero-order chi connectivity index (χ0) is 46.7. The normalized spacial score (nSPS) is 13.7. The van der Waals surface area contributed by atoms with Crippen LogP contribution in [-0.2, 0) is 14.4 Å². The Kier molecular flexibility index (Phi) is 15.1. The molecule has 4 aromatic carbocycles. The van der Waals surface area contributed by atoms with Gasteiger partial charge in [-0.25, -0.2) is 19.4 Å². The van der Waals surface area contributed by atoms with Crippen molar-refractivity contribution in [3.63, 3.8) is 0 Å². The molecule has 67 heavy (non-hydrogen) atoms. The predicted molar refractivity (Wildman–Crippen MR) is 258 cm³/mol. The molecule has 1 fully saturated rings. The number of aromatic amines is 1. The Morgan fingerprint density at radius 2 is 1.55 bits per heavy atom. The monoisotopic (exact) mass is 924 g/mol. The van der Waals surface area contributed by atoms with Crippen LogP contribution in [0.1, 0.15) is 87.5 Å². The summed E-state index contributed by atoms with van der Waals surface area (Å²) < 4.78 is 13.7. The number of carboxylic acids is 1. The predicted octanol–water partition coefficient (Wildman–Crippen LogP) is 10.2. The number of fused-ring (bicyclic) bond motifs is 2. The van der Waals surface area contributed by atoms with Crippen LogP contribution < -0.4 is 20.1 Å². The number of halogens is 1. The topological polar surface area (TPSA) is 194 Å². The van der Waals surface area contributed by atoms with Gasteiger partial charge in [0.25, 0.3) is 0 Å². The van der Waals surface area contributed by atoms with Gasteiger partial charge in [-0.2, -0.15) is 5.10 Å². The number of rotatable bonds is 20. The fraction of sp³-hybridized carbons (Fsp3) is 0.314. The summed E-state index contributed by atoms with van der Waals surface area (Å²) >= 11 is 6.51. The number of likely N-dealkylation sites (tertiary alicyclic amines) is 1. The molecular formula is C51H53ClN8O7. The van der Waals surface area contributed by atoms with Gasteiger partial charge in [0, 0.05) is 61.1 Å². The van der Waals surface area contributed by atoms with E-state index in [2.05, 4.69) is 25.6 Å². The number of carbonyl (C=O) groups is 4. The van der Waals surface area contributed by atoms with Crippen molar-refractivity contribution < 1.29 is 33.8 Å². The molecule has 1 aliphatic heterocycles. The number of amides is 3. The van der Waals surface area contributed by atoms with Crippen LogP contribution in [-0.4, -0.2) is 84.7 Å². The van der Waals surface area contributed by atoms with E-state index < -0.39 is 5.97 Å². The number of hydrogen-bond donors (Lipinski definition) is 4. The molecule has 4 N–H and O–H groups in total. The first-order chi connectivity index (χ1) is 32.6. The number of carboxylic acid groups (broad SMARTS) is 1. The van der Waals surface area contributed by atoms with Gasteiger partial charge in [0.2, 0.25) is 17.7 Å². The molecule has 0 radical (unpaired) electrons. The molecule has 16 heteroatoms. The minimum Gasteiger partial charge on any atom is -0.492 e. The summed E-state index contributed by atoms with van der Waals surface area (Å²) in [5.41, 5.74) is 4.43. The molecule has 4 heterocycles. The van der Waals surface area contributed by atoms with Gasteiger partial charge in [-0.1, -0.05) is 67.6 Å². The van der Waals surface area contributed by atoms with Gasteiger partial charge in [-0.15, -0.1) is 0 Å². The summed E-state index contributed by atoms with van der Waals surface area (Å²) in [6.45, 7) is 3.35. The minimum atomic E-state index is -1.01. The molecule has 8 rings (SSSR count). The summed E-state index contributed by atoms with van der Waals surface area (Å²) in [7, 11) is 0. The summed E-state index contributed by atoms with van der Waals surface area (Å²) in [4.78, 5) is 63.7. The molecule has 346 valence electrons. The van der Waals surface area contributed by atoms with E-state index in [4.69, 9.17) is 26.2 Å². The Morgan fingerprint density at radius 3 is 2.30 bits per heavy atom. The highest BCUT2D eigenvalue weighted by Crippen LogP contribution is 2.37. The maximum Gasteiger partial charge on any atom is 0.337 e. The van der Waals surface area contributed by atoms with Crippen molar-refractivity contribution >= 4 is 63.0 Å². The fourth-order valence-electron chi connectivity index (χ4n) is 8.52. The first-order valence-electron chi connectivity index (χ1n) is 22.8. The van der Waals surface area contributed by atoms with Gasteiger partial charge in [-0.3, -0.25) is 14.4 Å². The third-order valence-corrected chi connectivity index (χ3v) is 12.2. The molecule has 1 aliphatic rings. The number of aromatic carboxylic acids is 1. The lowest BCUT2D eigenvalue weighted by Crippen LogP contribution is -2.40. The molecule has 3 amide bonds. The molecule has 0 bridgehead atoms. The van der Waals surface area contributed by atoms with Crippen LogP contribution in [0.2, 0.25) is 5.02 Å². The van der Waals surface area contributed by atoms with Crippen molar-refractivity contribution in [3.05, 3.63) is 114 Å². The van der Waals surface area contributed by atoms with Crippen LogP contribution in [0, 0.1) is 0 Å². The number of benzene rings is 4. The standard InChI is InChI=1S/C51H53ClN8O7/c1-33(61)57-49-47-48(35-19-23-39(24-20-35)67-38-13-7-6-8-14-38)58-60(50(47)56-32-55-49)36-12-11-26-59(31-36)46(63)16-10-5-3-2-4-9-15-45(62)53-25-27-66-37-21-17-34(18-22-37)40-28-41-42(51(64)65)30-54-44(41)29-43(40)52/h6-8,13-14,17-24,28-30,32,36,54H,2-5,9-12,15-16,25-27,31H2,1H3,(H,53,62)(H,64,65)(H,55,56,57,61)/t36-/m1/s1. The smallest absolute Gasteiger partial charge is 0.337 e. The number of H-pyrrole nitrogens is 1. The number of carbonyl (C=O) groups excluding carboxylic acids is 3. The number of anilines is 1. The van der Waals surface area contributed by atoms with Crippen LogP contribution in [0.5, 0.6) is 17.2 Å². The quantitative estimate of drug-likeness (QED) is 0.0535. The van der Waals surface area contributed by atoms with E-state index >= 15 is 0 Å². The molecule has 1 saturated heterocycles. The first-order valence-corrected chi connectivity index (χ1v) is 23.1. The number of hydrogen-bond acceptors (Lipinski definition) is 9. The van der Waals surface area contributed by atoms with Crippen LogP contribution in [0.4, 0.5) is 5.82 Å². The highest BCUT2D eigenvalue weighted by Gasteiger charge is 2.29. The van der Waals surface area contributed by atoms with E-state index in [9.17, 15) is 24.3 Å². The van der Waals surface area contributed by atoms with E-state index in [0.29, 0.717) is 89.1 Å². The molecule has 0 spiro atoms. The number of ether oxygens (including phenoxy) is 2. The fourth-order valence-corrected chi connectivity index (χ4v) is 8.80. The van der Waals surface area contributed by atoms with Gasteiger partial charge in [0.15, 0.2) is 5.65 Å². The summed E-state index contributed by atoms with van der Waals surface area (Å²) in [5, 5.41) is 22.1. The van der Waals surface area contributed by atoms with Gasteiger partial charge >= 0.3 is 5.97 Å². The second kappa shape index (κ2) is 21.8. The Labute approximate surface area is 392 Å². The molecular weight excluding hydrogens is 872 g/mol. The second-order valence-electron chi connectivity index (χ2n) is 16.7. The highest BCUT2D eigenvalue weighted by atomic mass is 35.5. The third-order valence-electron chi connectivity index (χ3n) is 11.9. The maximum absolute atomic E-state index is 13.5. The van der Waals surface area contributed by atoms with E-state index in [1.807, 2.05) is 88.4 Å². The summed E-state index contributed by atoms with van der Waals surface area (Å²) in [6, 6.07) is 27.9. The number of unbranched alkanes of at least 4 members (excludes halogenated alkanes) is 5. The average Bonchev–Trinajstić information content (AvgIpc) is 3.94. The maximum atomic E-state index is 13.5. The zero-order valence-electron chi connectivity index (χ0n) is 37.3. The minimum absolute atomic E-state index is 0.0110. The summed E-state index contributed by atoms with van der Waals surface area (Å²) in [6.07, 6.45) is 11.0. The lowest BCUT2D eigenvalue weighted by atomic mass is 10.0. The Hall–Kier alpha value is -7.26. The lowest BCUT2D eigenvalue weighted by Gasteiger charge is -2.33. The number of nitrogens with one attached hydrogen (secondary N) is 3. The van der Waals surface area contributed by atoms with Gasteiger partial charge in [-0.05, 0) is 91.9 Å². The van der Waals surface area contributed by atoms with Crippen molar-refractivity contribution in [1.82, 2.24) is 34.9 Å². The largest absolute Gasteiger partial charge is 0.492 e. The SMILES string of the molecule is CC(=O)Nc1ncnc2c1c(-c1ccc(Oc3ccccc3)cc1)nn2[C@@H]1CCCN(C(=O)CCCCCCCCC(=O)NCCOc2ccc(-c3cc4c(C(=O)O)c[nH]c4cc3Cl)cc2)C1. The Morgan fingerprint density at radius 1 is 0.851 bits per heavy atom. The summed E-state index contributed by atoms with van der Waals surface area (Å²) in [5.74, 6) is 1.30. The highest BCUT2D eigenvalue weighted by molar-refractivity contribution is 6.34. The molecule has 15 nitrogen and oxygen atoms in total. The first kappa shape index (κ1) is 46.3. The Balaban J connectivity index is 0.738. The van der Waals surface area contributed by atoms with Crippen molar-refractivity contribution in [1.29, 1.82) is 0 Å². The zero-order valence-corrected chi connectivity index (χ0v) is 38.1. The van der Waals surface area contributed by atoms with Crippen LogP contribution in [0.25, 0.3) is 44.3 Å². The molecule has 7 aromatic rings. The van der Waals surface area contributed by atoms with Crippen molar-refractivity contribution in [2.75, 3.05) is 31.6 Å². The van der Waals surface area contributed by atoms with Crippen LogP contribution in [0.3, 0.4) is 0 Å². The molecule has 1 atom stereocenters. The van der Waals surface area contributed by atoms with Crippen LogP contribution >= 0.6 is 11.6 Å². The van der Waals surface area contributed by atoms with Gasteiger partial charge in [0.1, 0.15) is 41.7 Å². The third kappa shape index (κ3) is 11.6. The average molecular weight is 925 g/mol. The number of aromatic nitrogens is 5. The van der Waals surface area contributed by atoms with Gasteiger partial charge < -0.3 is 35.1 Å². The van der Waals surface area contributed by atoms with Crippen molar-refractivity contribution in [3.8, 4) is 39.6 Å². The molecule has 0 aliphatic carbocycles. The van der Waals surface area contributed by atoms with Gasteiger partial charge in [0.05, 0.1) is 28.6 Å². The van der Waals surface area contributed by atoms with E-state index in [-0.39, 0.29) is 29.3 Å². The molecule has 0 unspecified atom stereocenters. The lowest BCUT2D eigenvalue weighted by molar-refractivity contribution is -0.133. The molecule has 0 saturated carbocycles. The number of piperidine rings is 1. The van der Waals surface area contributed by atoms with Crippen molar-refractivity contribution in [2.45, 2.75) is 77.2 Å². The molecule has 3 aromatic heterocycles. The van der Waals surface area contributed by atoms with Crippen LogP contribution in [0.15, 0.2) is 104 Å². The van der Waals surface area contributed by atoms with Crippen molar-refractivity contribution in [2.24, 2.45) is 0 Å². The second-order valence-corrected chi connectivity index (χ2v) is 17.1. The van der Waals surface area contributed by atoms with E-state index in [0.717, 1.165) is 73.8 Å². The van der Waals surface area contributed by atoms with E-state index in [1.54, 1.807) is 12.1 Å².